The Balaban J connectivity index is 1.76. The highest BCUT2D eigenvalue weighted by atomic mass is 16.2. The third-order valence-electron chi connectivity index (χ3n) is 3.83. The minimum Gasteiger partial charge on any atom is -0.335 e. The molecule has 0 bridgehead atoms. The maximum atomic E-state index is 12.0. The van der Waals surface area contributed by atoms with Gasteiger partial charge in [0, 0.05) is 19.1 Å². The molecule has 0 unspecified atom stereocenters. The van der Waals surface area contributed by atoms with Crippen LogP contribution >= 0.6 is 0 Å². The summed E-state index contributed by atoms with van der Waals surface area (Å²) < 4.78 is 0. The molecule has 92 valence electrons. The van der Waals surface area contributed by atoms with Crippen LogP contribution in [0.3, 0.4) is 0 Å². The van der Waals surface area contributed by atoms with E-state index >= 15 is 0 Å². The van der Waals surface area contributed by atoms with E-state index in [1.165, 1.54) is 57.8 Å². The lowest BCUT2D eigenvalue weighted by Gasteiger charge is -2.27. The van der Waals surface area contributed by atoms with Crippen LogP contribution in [0.15, 0.2) is 0 Å². The van der Waals surface area contributed by atoms with E-state index in [-0.39, 0.29) is 6.03 Å². The maximum Gasteiger partial charge on any atom is 0.317 e. The minimum absolute atomic E-state index is 0.189. The fraction of sp³-hybridized carbons (Fsp3) is 0.923. The Hall–Kier alpha value is -0.730. The van der Waals surface area contributed by atoms with Gasteiger partial charge in [0.2, 0.25) is 0 Å². The molecule has 1 heterocycles. The van der Waals surface area contributed by atoms with Gasteiger partial charge in [-0.25, -0.2) is 4.79 Å². The molecule has 2 aliphatic rings. The van der Waals surface area contributed by atoms with Gasteiger partial charge in [-0.15, -0.1) is 0 Å². The molecule has 1 N–H and O–H groups in total. The first-order chi connectivity index (χ1) is 7.86. The summed E-state index contributed by atoms with van der Waals surface area (Å²) in [5.41, 5.74) is 0. The molecule has 16 heavy (non-hydrogen) atoms. The van der Waals surface area contributed by atoms with Crippen molar-refractivity contribution in [1.29, 1.82) is 0 Å². The van der Waals surface area contributed by atoms with Gasteiger partial charge in [0.15, 0.2) is 0 Å². The van der Waals surface area contributed by atoms with Gasteiger partial charge in [-0.05, 0) is 25.7 Å². The Morgan fingerprint density at radius 1 is 0.875 bits per heavy atom. The van der Waals surface area contributed by atoms with Crippen LogP contribution < -0.4 is 5.32 Å². The van der Waals surface area contributed by atoms with Gasteiger partial charge in [0.1, 0.15) is 0 Å². The predicted molar refractivity (Wildman–Crippen MR) is 65.4 cm³/mol. The average molecular weight is 224 g/mol. The van der Waals surface area contributed by atoms with Crippen LogP contribution in [0, 0.1) is 0 Å². The highest BCUT2D eigenvalue weighted by Crippen LogP contribution is 2.18. The topological polar surface area (TPSA) is 32.3 Å². The van der Waals surface area contributed by atoms with E-state index in [0.29, 0.717) is 6.04 Å². The van der Waals surface area contributed by atoms with E-state index in [4.69, 9.17) is 0 Å². The van der Waals surface area contributed by atoms with Crippen molar-refractivity contribution in [3.8, 4) is 0 Å². The summed E-state index contributed by atoms with van der Waals surface area (Å²) in [6.07, 6.45) is 11.2. The molecule has 1 aliphatic carbocycles. The lowest BCUT2D eigenvalue weighted by molar-refractivity contribution is 0.192. The van der Waals surface area contributed by atoms with Gasteiger partial charge < -0.3 is 10.2 Å². The zero-order chi connectivity index (χ0) is 11.2. The summed E-state index contributed by atoms with van der Waals surface area (Å²) >= 11 is 0. The van der Waals surface area contributed by atoms with Crippen LogP contribution in [0.1, 0.15) is 57.8 Å². The second-order valence-corrected chi connectivity index (χ2v) is 5.19. The van der Waals surface area contributed by atoms with Crippen molar-refractivity contribution in [2.75, 3.05) is 13.1 Å². The number of nitrogens with zero attached hydrogens (tertiary/aromatic N) is 1. The number of nitrogens with one attached hydrogen (secondary N) is 1. The Morgan fingerprint density at radius 2 is 1.44 bits per heavy atom. The number of hydrogen-bond acceptors (Lipinski definition) is 1. The summed E-state index contributed by atoms with van der Waals surface area (Å²) in [7, 11) is 0. The molecule has 3 heteroatoms. The van der Waals surface area contributed by atoms with Gasteiger partial charge in [-0.3, -0.25) is 0 Å². The Kier molecular flexibility index (Phi) is 4.49. The highest BCUT2D eigenvalue weighted by molar-refractivity contribution is 5.74. The molecule has 2 amide bonds. The molecule has 0 spiro atoms. The van der Waals surface area contributed by atoms with E-state index in [2.05, 4.69) is 5.32 Å². The van der Waals surface area contributed by atoms with Crippen molar-refractivity contribution in [3.63, 3.8) is 0 Å². The first-order valence-corrected chi connectivity index (χ1v) is 6.92. The molecule has 0 aromatic rings. The van der Waals surface area contributed by atoms with E-state index in [1.807, 2.05) is 4.90 Å². The Morgan fingerprint density at radius 3 is 2.06 bits per heavy atom. The van der Waals surface area contributed by atoms with Crippen molar-refractivity contribution >= 4 is 6.03 Å². The van der Waals surface area contributed by atoms with Crippen LogP contribution in [0.25, 0.3) is 0 Å². The lowest BCUT2D eigenvalue weighted by atomic mass is 9.96. The molecular formula is C13H24N2O. The Labute approximate surface area is 98.6 Å². The maximum absolute atomic E-state index is 12.0. The van der Waals surface area contributed by atoms with Crippen molar-refractivity contribution in [1.82, 2.24) is 10.2 Å². The SMILES string of the molecule is O=C(NC1CCCCC1)N1CCCCCC1. The van der Waals surface area contributed by atoms with E-state index in [1.54, 1.807) is 0 Å². The van der Waals surface area contributed by atoms with Crippen LogP contribution in [0.4, 0.5) is 4.79 Å². The van der Waals surface area contributed by atoms with Gasteiger partial charge >= 0.3 is 6.03 Å². The first-order valence-electron chi connectivity index (χ1n) is 6.92. The number of rotatable bonds is 1. The lowest BCUT2D eigenvalue weighted by Crippen LogP contribution is -2.45. The average Bonchev–Trinajstić information content (AvgIpc) is 2.59. The highest BCUT2D eigenvalue weighted by Gasteiger charge is 2.20. The molecular weight excluding hydrogens is 200 g/mol. The minimum atomic E-state index is 0.189. The summed E-state index contributed by atoms with van der Waals surface area (Å²) in [5, 5.41) is 3.20. The number of urea groups is 1. The second-order valence-electron chi connectivity index (χ2n) is 5.19. The molecule has 1 aliphatic heterocycles. The molecule has 0 aromatic carbocycles. The molecule has 2 fully saturated rings. The Bertz CT molecular complexity index is 216. The molecule has 3 nitrogen and oxygen atoms in total. The molecule has 0 radical (unpaired) electrons. The van der Waals surface area contributed by atoms with Gasteiger partial charge in [-0.2, -0.15) is 0 Å². The van der Waals surface area contributed by atoms with Gasteiger partial charge in [-0.1, -0.05) is 32.1 Å². The van der Waals surface area contributed by atoms with Crippen molar-refractivity contribution in [3.05, 3.63) is 0 Å². The van der Waals surface area contributed by atoms with Crippen molar-refractivity contribution in [2.24, 2.45) is 0 Å². The van der Waals surface area contributed by atoms with Crippen molar-refractivity contribution in [2.45, 2.75) is 63.8 Å². The molecule has 0 aromatic heterocycles. The summed E-state index contributed by atoms with van der Waals surface area (Å²) in [5.74, 6) is 0. The van der Waals surface area contributed by atoms with E-state index in [9.17, 15) is 4.79 Å². The number of likely N-dealkylation sites (tertiary alicyclic amines) is 1. The molecule has 1 saturated carbocycles. The largest absolute Gasteiger partial charge is 0.335 e. The number of amides is 2. The fourth-order valence-electron chi connectivity index (χ4n) is 2.79. The smallest absolute Gasteiger partial charge is 0.317 e. The molecule has 2 rings (SSSR count). The second kappa shape index (κ2) is 6.12. The predicted octanol–water partition coefficient (Wildman–Crippen LogP) is 2.90. The molecule has 0 atom stereocenters. The van der Waals surface area contributed by atoms with Gasteiger partial charge in [0.05, 0.1) is 0 Å². The van der Waals surface area contributed by atoms with Crippen LogP contribution in [-0.4, -0.2) is 30.1 Å². The van der Waals surface area contributed by atoms with Gasteiger partial charge in [0.25, 0.3) is 0 Å². The monoisotopic (exact) mass is 224 g/mol. The number of carbonyl (C=O) groups excluding carboxylic acids is 1. The zero-order valence-electron chi connectivity index (χ0n) is 10.2. The zero-order valence-corrected chi connectivity index (χ0v) is 10.2. The molecule has 1 saturated heterocycles. The van der Waals surface area contributed by atoms with E-state index in [0.717, 1.165) is 13.1 Å². The van der Waals surface area contributed by atoms with Crippen LogP contribution in [-0.2, 0) is 0 Å². The summed E-state index contributed by atoms with van der Waals surface area (Å²) in [6.45, 7) is 1.91. The summed E-state index contributed by atoms with van der Waals surface area (Å²) in [6, 6.07) is 0.637. The quantitative estimate of drug-likeness (QED) is 0.729. The summed E-state index contributed by atoms with van der Waals surface area (Å²) in [4.78, 5) is 14.0. The number of carbonyl (C=O) groups is 1. The third-order valence-corrected chi connectivity index (χ3v) is 3.83. The van der Waals surface area contributed by atoms with Crippen molar-refractivity contribution < 1.29 is 4.79 Å². The van der Waals surface area contributed by atoms with Crippen LogP contribution in [0.2, 0.25) is 0 Å². The fourth-order valence-corrected chi connectivity index (χ4v) is 2.79. The van der Waals surface area contributed by atoms with Crippen LogP contribution in [0.5, 0.6) is 0 Å². The number of hydrogen-bond donors (Lipinski definition) is 1. The third kappa shape index (κ3) is 3.39. The normalized spacial score (nSPS) is 23.9. The standard InChI is InChI=1S/C13H24N2O/c16-13(14-12-8-4-3-5-9-12)15-10-6-1-2-7-11-15/h12H,1-11H2,(H,14,16). The van der Waals surface area contributed by atoms with E-state index < -0.39 is 0 Å². The first kappa shape index (κ1) is 11.7.